The van der Waals surface area contributed by atoms with Gasteiger partial charge >= 0.3 is 0 Å². The van der Waals surface area contributed by atoms with Crippen molar-refractivity contribution in [1.82, 2.24) is 10.3 Å². The Morgan fingerprint density at radius 2 is 2.22 bits per heavy atom. The third-order valence-electron chi connectivity index (χ3n) is 3.69. The van der Waals surface area contributed by atoms with Gasteiger partial charge in [0, 0.05) is 36.9 Å². The maximum atomic E-state index is 4.41. The van der Waals surface area contributed by atoms with Crippen LogP contribution in [0.1, 0.15) is 12.8 Å². The summed E-state index contributed by atoms with van der Waals surface area (Å²) in [5.74, 6) is 0. The molecule has 0 saturated carbocycles. The minimum Gasteiger partial charge on any atom is -0.372 e. The molecular formula is C15H19N3. The Labute approximate surface area is 108 Å². The minimum atomic E-state index is 0.627. The molecule has 3 heteroatoms. The summed E-state index contributed by atoms with van der Waals surface area (Å²) in [7, 11) is 2.17. The molecule has 1 unspecified atom stereocenters. The van der Waals surface area contributed by atoms with Crippen molar-refractivity contribution in [2.75, 3.05) is 25.0 Å². The van der Waals surface area contributed by atoms with E-state index in [4.69, 9.17) is 0 Å². The average Bonchev–Trinajstić information content (AvgIpc) is 2.91. The molecule has 1 fully saturated rings. The van der Waals surface area contributed by atoms with Crippen LogP contribution in [0.15, 0.2) is 36.5 Å². The third-order valence-corrected chi connectivity index (χ3v) is 3.69. The highest BCUT2D eigenvalue weighted by atomic mass is 15.1. The lowest BCUT2D eigenvalue weighted by molar-refractivity contribution is 0.600. The van der Waals surface area contributed by atoms with Gasteiger partial charge in [0.25, 0.3) is 0 Å². The van der Waals surface area contributed by atoms with Gasteiger partial charge in [-0.05, 0) is 31.5 Å². The largest absolute Gasteiger partial charge is 0.372 e. The number of fused-ring (bicyclic) bond motifs is 1. The number of likely N-dealkylation sites (N-methyl/N-ethyl adjacent to an activating group) is 1. The van der Waals surface area contributed by atoms with Gasteiger partial charge in [-0.15, -0.1) is 0 Å². The molecule has 0 amide bonds. The van der Waals surface area contributed by atoms with Crippen molar-refractivity contribution < 1.29 is 0 Å². The number of rotatable bonds is 3. The van der Waals surface area contributed by atoms with Gasteiger partial charge in [0.1, 0.15) is 0 Å². The molecule has 0 aliphatic carbocycles. The van der Waals surface area contributed by atoms with Crippen molar-refractivity contribution in [2.45, 2.75) is 18.9 Å². The number of nitrogens with one attached hydrogen (secondary N) is 1. The lowest BCUT2D eigenvalue weighted by Gasteiger charge is -2.24. The van der Waals surface area contributed by atoms with Gasteiger partial charge in [-0.3, -0.25) is 4.98 Å². The van der Waals surface area contributed by atoms with E-state index in [2.05, 4.69) is 46.5 Å². The smallest absolute Gasteiger partial charge is 0.0722 e. The second-order valence-electron chi connectivity index (χ2n) is 5.02. The SMILES string of the molecule is CN(CC1CCCN1)c1ccnc2ccccc12. The number of pyridine rings is 1. The number of aromatic nitrogens is 1. The molecule has 1 aromatic carbocycles. The topological polar surface area (TPSA) is 28.2 Å². The summed E-state index contributed by atoms with van der Waals surface area (Å²) in [5.41, 5.74) is 2.34. The van der Waals surface area contributed by atoms with Crippen molar-refractivity contribution in [1.29, 1.82) is 0 Å². The molecule has 1 atom stereocenters. The van der Waals surface area contributed by atoms with E-state index in [0.29, 0.717) is 6.04 Å². The summed E-state index contributed by atoms with van der Waals surface area (Å²) in [6.45, 7) is 2.23. The lowest BCUT2D eigenvalue weighted by atomic mass is 10.1. The zero-order valence-corrected chi connectivity index (χ0v) is 10.8. The first kappa shape index (κ1) is 11.5. The molecule has 0 radical (unpaired) electrons. The summed E-state index contributed by atoms with van der Waals surface area (Å²) in [6, 6.07) is 11.1. The fourth-order valence-corrected chi connectivity index (χ4v) is 2.76. The van der Waals surface area contributed by atoms with Crippen LogP contribution in [0.25, 0.3) is 10.9 Å². The summed E-state index contributed by atoms with van der Waals surface area (Å²) < 4.78 is 0. The summed E-state index contributed by atoms with van der Waals surface area (Å²) in [6.07, 6.45) is 4.49. The molecule has 1 aliphatic heterocycles. The summed E-state index contributed by atoms with van der Waals surface area (Å²) >= 11 is 0. The van der Waals surface area contributed by atoms with Crippen molar-refractivity contribution in [3.63, 3.8) is 0 Å². The van der Waals surface area contributed by atoms with Crippen LogP contribution in [-0.4, -0.2) is 31.2 Å². The van der Waals surface area contributed by atoms with Crippen LogP contribution in [0.2, 0.25) is 0 Å². The van der Waals surface area contributed by atoms with E-state index in [1.165, 1.54) is 23.9 Å². The summed E-state index contributed by atoms with van der Waals surface area (Å²) in [5, 5.41) is 4.78. The zero-order chi connectivity index (χ0) is 12.4. The summed E-state index contributed by atoms with van der Waals surface area (Å²) in [4.78, 5) is 6.75. The van der Waals surface area contributed by atoms with Gasteiger partial charge in [-0.25, -0.2) is 0 Å². The van der Waals surface area contributed by atoms with Gasteiger partial charge < -0.3 is 10.2 Å². The molecule has 1 N–H and O–H groups in total. The first-order valence-electron chi connectivity index (χ1n) is 6.63. The van der Waals surface area contributed by atoms with E-state index in [9.17, 15) is 0 Å². The molecule has 3 rings (SSSR count). The number of para-hydroxylation sites is 1. The van der Waals surface area contributed by atoms with Crippen LogP contribution in [0.4, 0.5) is 5.69 Å². The molecule has 1 aromatic heterocycles. The van der Waals surface area contributed by atoms with Crippen LogP contribution in [0.3, 0.4) is 0 Å². The molecule has 0 spiro atoms. The standard InChI is InChI=1S/C15H19N3/c1-18(11-12-5-4-9-16-12)15-8-10-17-14-7-3-2-6-13(14)15/h2-3,6-8,10,12,16H,4-5,9,11H2,1H3. The Bertz CT molecular complexity index is 527. The maximum absolute atomic E-state index is 4.41. The predicted molar refractivity (Wildman–Crippen MR) is 76.0 cm³/mol. The first-order chi connectivity index (χ1) is 8.84. The zero-order valence-electron chi connectivity index (χ0n) is 10.8. The van der Waals surface area contributed by atoms with Gasteiger partial charge in [0.05, 0.1) is 5.52 Å². The van der Waals surface area contributed by atoms with Gasteiger partial charge in [0.2, 0.25) is 0 Å². The van der Waals surface area contributed by atoms with Crippen molar-refractivity contribution in [2.24, 2.45) is 0 Å². The Hall–Kier alpha value is -1.61. The van der Waals surface area contributed by atoms with E-state index in [1.54, 1.807) is 0 Å². The minimum absolute atomic E-state index is 0.627. The van der Waals surface area contributed by atoms with E-state index in [-0.39, 0.29) is 0 Å². The highest BCUT2D eigenvalue weighted by Crippen LogP contribution is 2.24. The van der Waals surface area contributed by atoms with Crippen molar-refractivity contribution in [3.8, 4) is 0 Å². The van der Waals surface area contributed by atoms with Gasteiger partial charge in [0.15, 0.2) is 0 Å². The molecule has 2 heterocycles. The average molecular weight is 241 g/mol. The Balaban J connectivity index is 1.88. The fourth-order valence-electron chi connectivity index (χ4n) is 2.76. The number of benzene rings is 1. The van der Waals surface area contributed by atoms with Crippen LogP contribution in [0, 0.1) is 0 Å². The van der Waals surface area contributed by atoms with Crippen LogP contribution in [-0.2, 0) is 0 Å². The molecule has 3 nitrogen and oxygen atoms in total. The molecular weight excluding hydrogens is 222 g/mol. The second-order valence-corrected chi connectivity index (χ2v) is 5.02. The fraction of sp³-hybridized carbons (Fsp3) is 0.400. The van der Waals surface area contributed by atoms with Crippen molar-refractivity contribution in [3.05, 3.63) is 36.5 Å². The molecule has 2 aromatic rings. The van der Waals surface area contributed by atoms with E-state index in [0.717, 1.165) is 18.6 Å². The number of hydrogen-bond acceptors (Lipinski definition) is 3. The Kier molecular flexibility index (Phi) is 3.15. The normalized spacial score (nSPS) is 19.3. The van der Waals surface area contributed by atoms with Gasteiger partial charge in [-0.2, -0.15) is 0 Å². The first-order valence-corrected chi connectivity index (χ1v) is 6.63. The van der Waals surface area contributed by atoms with E-state index < -0.39 is 0 Å². The maximum Gasteiger partial charge on any atom is 0.0722 e. The van der Waals surface area contributed by atoms with E-state index in [1.807, 2.05) is 12.3 Å². The number of anilines is 1. The number of hydrogen-bond donors (Lipinski definition) is 1. The van der Waals surface area contributed by atoms with Crippen LogP contribution < -0.4 is 10.2 Å². The molecule has 1 aliphatic rings. The second kappa shape index (κ2) is 4.94. The highest BCUT2D eigenvalue weighted by molar-refractivity contribution is 5.91. The lowest BCUT2D eigenvalue weighted by Crippen LogP contribution is -2.35. The predicted octanol–water partition coefficient (Wildman–Crippen LogP) is 2.42. The van der Waals surface area contributed by atoms with E-state index >= 15 is 0 Å². The number of nitrogens with zero attached hydrogens (tertiary/aromatic N) is 2. The van der Waals surface area contributed by atoms with Crippen LogP contribution >= 0.6 is 0 Å². The quantitative estimate of drug-likeness (QED) is 0.894. The molecule has 1 saturated heterocycles. The third kappa shape index (κ3) is 2.18. The Morgan fingerprint density at radius 3 is 3.06 bits per heavy atom. The monoisotopic (exact) mass is 241 g/mol. The molecule has 0 bridgehead atoms. The van der Waals surface area contributed by atoms with Gasteiger partial charge in [-0.1, -0.05) is 18.2 Å². The van der Waals surface area contributed by atoms with Crippen molar-refractivity contribution >= 4 is 16.6 Å². The highest BCUT2D eigenvalue weighted by Gasteiger charge is 2.17. The van der Waals surface area contributed by atoms with Crippen LogP contribution in [0.5, 0.6) is 0 Å². The molecule has 18 heavy (non-hydrogen) atoms. The Morgan fingerprint density at radius 1 is 1.33 bits per heavy atom. The molecule has 94 valence electrons.